The van der Waals surface area contributed by atoms with Crippen LogP contribution in [-0.2, 0) is 6.42 Å². The van der Waals surface area contributed by atoms with Crippen LogP contribution in [0.4, 0.5) is 11.6 Å². The van der Waals surface area contributed by atoms with Crippen molar-refractivity contribution in [2.24, 2.45) is 10.7 Å². The van der Waals surface area contributed by atoms with Gasteiger partial charge in [-0.1, -0.05) is 24.3 Å². The normalized spacial score (nSPS) is 12.0. The van der Waals surface area contributed by atoms with E-state index in [0.717, 1.165) is 35.8 Å². The standard InChI is InChI=1S/C22H28N4O2/c1-24-22(23)26(21-18-10-6-5-9-17(18)15-28-21)19-14-16(8-7-13-25(2)3)11-12-20(19)27-4/h5-6,9-12,14-15H,7-8,13H2,1-4H3,(H2,23,24). The lowest BCUT2D eigenvalue weighted by atomic mass is 10.1. The summed E-state index contributed by atoms with van der Waals surface area (Å²) in [7, 11) is 7.49. The molecule has 0 unspecified atom stereocenters. The van der Waals surface area contributed by atoms with Gasteiger partial charge in [0.05, 0.1) is 12.8 Å². The van der Waals surface area contributed by atoms with Crippen molar-refractivity contribution in [1.82, 2.24) is 4.90 Å². The SMILES string of the molecule is CN=C(N)N(c1cc(CCCN(C)C)ccc1OC)c1occ2ccccc12. The van der Waals surface area contributed by atoms with Crippen molar-refractivity contribution in [2.75, 3.05) is 39.7 Å². The molecule has 0 aliphatic rings. The van der Waals surface area contributed by atoms with Crippen LogP contribution in [0, 0.1) is 0 Å². The van der Waals surface area contributed by atoms with E-state index in [2.05, 4.69) is 36.1 Å². The number of furan rings is 1. The van der Waals surface area contributed by atoms with E-state index >= 15 is 0 Å². The largest absolute Gasteiger partial charge is 0.495 e. The van der Waals surface area contributed by atoms with Crippen molar-refractivity contribution in [3.63, 3.8) is 0 Å². The molecule has 0 aliphatic carbocycles. The Morgan fingerprint density at radius 2 is 1.96 bits per heavy atom. The fourth-order valence-corrected chi connectivity index (χ4v) is 3.25. The van der Waals surface area contributed by atoms with Gasteiger partial charge in [-0.3, -0.25) is 4.99 Å². The van der Waals surface area contributed by atoms with Crippen LogP contribution in [0.2, 0.25) is 0 Å². The van der Waals surface area contributed by atoms with E-state index in [1.807, 2.05) is 35.2 Å². The number of methoxy groups -OCH3 is 1. The van der Waals surface area contributed by atoms with E-state index in [9.17, 15) is 0 Å². The maximum atomic E-state index is 6.30. The van der Waals surface area contributed by atoms with Crippen LogP contribution in [0.15, 0.2) is 58.1 Å². The maximum absolute atomic E-state index is 6.30. The predicted octanol–water partition coefficient (Wildman–Crippen LogP) is 4.02. The van der Waals surface area contributed by atoms with Crippen molar-refractivity contribution in [3.05, 3.63) is 54.3 Å². The molecule has 0 aliphatic heterocycles. The summed E-state index contributed by atoms with van der Waals surface area (Å²) in [6.07, 6.45) is 3.76. The number of aryl methyl sites for hydroxylation is 1. The number of fused-ring (bicyclic) bond motifs is 1. The van der Waals surface area contributed by atoms with Crippen LogP contribution in [0.3, 0.4) is 0 Å². The maximum Gasteiger partial charge on any atom is 0.214 e. The molecule has 0 spiro atoms. The number of rotatable bonds is 7. The first-order valence-corrected chi connectivity index (χ1v) is 9.35. The van der Waals surface area contributed by atoms with E-state index in [4.69, 9.17) is 14.9 Å². The Kier molecular flexibility index (Phi) is 6.21. The van der Waals surface area contributed by atoms with Crippen LogP contribution in [0.5, 0.6) is 5.75 Å². The van der Waals surface area contributed by atoms with Crippen molar-refractivity contribution >= 4 is 28.3 Å². The zero-order valence-electron chi connectivity index (χ0n) is 17.0. The Balaban J connectivity index is 2.07. The zero-order chi connectivity index (χ0) is 20.1. The predicted molar refractivity (Wildman–Crippen MR) is 116 cm³/mol. The number of hydrogen-bond donors (Lipinski definition) is 1. The average molecular weight is 380 g/mol. The smallest absolute Gasteiger partial charge is 0.214 e. The summed E-state index contributed by atoms with van der Waals surface area (Å²) in [6.45, 7) is 1.03. The molecular weight excluding hydrogens is 352 g/mol. The highest BCUT2D eigenvalue weighted by Crippen LogP contribution is 2.39. The summed E-state index contributed by atoms with van der Waals surface area (Å²) in [4.78, 5) is 8.22. The minimum absolute atomic E-state index is 0.337. The molecule has 6 nitrogen and oxygen atoms in total. The highest BCUT2D eigenvalue weighted by molar-refractivity contribution is 6.08. The highest BCUT2D eigenvalue weighted by atomic mass is 16.5. The Morgan fingerprint density at radius 3 is 2.68 bits per heavy atom. The molecule has 28 heavy (non-hydrogen) atoms. The molecule has 2 N–H and O–H groups in total. The molecule has 0 saturated heterocycles. The van der Waals surface area contributed by atoms with Gasteiger partial charge < -0.3 is 19.8 Å². The van der Waals surface area contributed by atoms with Gasteiger partial charge in [-0.25, -0.2) is 4.90 Å². The van der Waals surface area contributed by atoms with Crippen LogP contribution in [0.1, 0.15) is 12.0 Å². The summed E-state index contributed by atoms with van der Waals surface area (Å²) in [5.41, 5.74) is 8.32. The van der Waals surface area contributed by atoms with Gasteiger partial charge in [0, 0.05) is 17.8 Å². The van der Waals surface area contributed by atoms with Gasteiger partial charge >= 0.3 is 0 Å². The second-order valence-corrected chi connectivity index (χ2v) is 6.96. The number of nitrogens with zero attached hydrogens (tertiary/aromatic N) is 3. The van der Waals surface area contributed by atoms with Crippen LogP contribution in [0.25, 0.3) is 10.8 Å². The van der Waals surface area contributed by atoms with Crippen molar-refractivity contribution < 1.29 is 9.15 Å². The molecule has 1 heterocycles. The number of nitrogens with two attached hydrogens (primary N) is 1. The van der Waals surface area contributed by atoms with E-state index in [-0.39, 0.29) is 0 Å². The number of guanidine groups is 1. The molecule has 2 aromatic carbocycles. The molecule has 1 aromatic heterocycles. The fraction of sp³-hybridized carbons (Fsp3) is 0.318. The molecule has 0 amide bonds. The van der Waals surface area contributed by atoms with Gasteiger partial charge in [0.1, 0.15) is 12.0 Å². The monoisotopic (exact) mass is 380 g/mol. The van der Waals surface area contributed by atoms with Crippen LogP contribution in [-0.4, -0.2) is 45.7 Å². The van der Waals surface area contributed by atoms with E-state index in [1.165, 1.54) is 5.56 Å². The highest BCUT2D eigenvalue weighted by Gasteiger charge is 2.23. The second kappa shape index (κ2) is 8.80. The Bertz CT molecular complexity index is 962. The van der Waals surface area contributed by atoms with Gasteiger partial charge in [0.15, 0.2) is 0 Å². The lowest BCUT2D eigenvalue weighted by Gasteiger charge is -2.24. The fourth-order valence-electron chi connectivity index (χ4n) is 3.25. The molecule has 0 bridgehead atoms. The lowest BCUT2D eigenvalue weighted by molar-refractivity contribution is 0.400. The zero-order valence-corrected chi connectivity index (χ0v) is 17.0. The number of aliphatic imine (C=N–C) groups is 1. The molecule has 0 saturated carbocycles. The van der Waals surface area contributed by atoms with Crippen molar-refractivity contribution in [2.45, 2.75) is 12.8 Å². The summed E-state index contributed by atoms with van der Waals surface area (Å²) in [5, 5.41) is 1.97. The minimum atomic E-state index is 0.337. The second-order valence-electron chi connectivity index (χ2n) is 6.96. The quantitative estimate of drug-likeness (QED) is 0.495. The van der Waals surface area contributed by atoms with Gasteiger partial charge in [-0.05, 0) is 57.2 Å². The summed E-state index contributed by atoms with van der Waals surface area (Å²) in [5.74, 6) is 1.68. The third kappa shape index (κ3) is 4.12. The van der Waals surface area contributed by atoms with E-state index in [0.29, 0.717) is 17.6 Å². The molecule has 6 heteroatoms. The number of hydrogen-bond acceptors (Lipinski definition) is 4. The first kappa shape index (κ1) is 19.8. The Hall–Kier alpha value is -2.99. The van der Waals surface area contributed by atoms with Gasteiger partial charge in [-0.15, -0.1) is 0 Å². The molecule has 3 aromatic rings. The molecule has 3 rings (SSSR count). The topological polar surface area (TPSA) is 67.2 Å². The third-order valence-electron chi connectivity index (χ3n) is 4.70. The minimum Gasteiger partial charge on any atom is -0.495 e. The Labute approximate surface area is 166 Å². The molecule has 0 fully saturated rings. The van der Waals surface area contributed by atoms with Crippen LogP contribution < -0.4 is 15.4 Å². The average Bonchev–Trinajstić information content (AvgIpc) is 3.12. The lowest BCUT2D eigenvalue weighted by Crippen LogP contribution is -2.33. The number of benzene rings is 2. The van der Waals surface area contributed by atoms with Gasteiger partial charge in [-0.2, -0.15) is 0 Å². The molecule has 148 valence electrons. The summed E-state index contributed by atoms with van der Waals surface area (Å²) >= 11 is 0. The first-order valence-electron chi connectivity index (χ1n) is 9.35. The van der Waals surface area contributed by atoms with Crippen molar-refractivity contribution in [1.29, 1.82) is 0 Å². The molecular formula is C22H28N4O2. The summed E-state index contributed by atoms with van der Waals surface area (Å²) < 4.78 is 11.5. The first-order chi connectivity index (χ1) is 13.5. The molecule has 0 radical (unpaired) electrons. The van der Waals surface area contributed by atoms with Crippen molar-refractivity contribution in [3.8, 4) is 5.75 Å². The molecule has 0 atom stereocenters. The Morgan fingerprint density at radius 1 is 1.18 bits per heavy atom. The third-order valence-corrected chi connectivity index (χ3v) is 4.70. The summed E-state index contributed by atoms with van der Waals surface area (Å²) in [6, 6.07) is 14.1. The van der Waals surface area contributed by atoms with Gasteiger partial charge in [0.2, 0.25) is 11.8 Å². The van der Waals surface area contributed by atoms with E-state index < -0.39 is 0 Å². The van der Waals surface area contributed by atoms with E-state index in [1.54, 1.807) is 20.4 Å². The van der Waals surface area contributed by atoms with Crippen LogP contribution >= 0.6 is 0 Å². The van der Waals surface area contributed by atoms with Gasteiger partial charge in [0.25, 0.3) is 0 Å². The number of ether oxygens (including phenoxy) is 1. The number of anilines is 2.